The van der Waals surface area contributed by atoms with Crippen LogP contribution in [0.3, 0.4) is 0 Å². The van der Waals surface area contributed by atoms with Crippen LogP contribution in [0.4, 0.5) is 0 Å². The van der Waals surface area contributed by atoms with Crippen LogP contribution in [0.25, 0.3) is 6.08 Å². The molecule has 0 aliphatic carbocycles. The molecule has 0 atom stereocenters. The Morgan fingerprint density at radius 2 is 1.65 bits per heavy atom. The predicted octanol–water partition coefficient (Wildman–Crippen LogP) is 4.36. The molecule has 0 aromatic heterocycles. The van der Waals surface area contributed by atoms with Crippen molar-refractivity contribution in [3.05, 3.63) is 76.9 Å². The Kier molecular flexibility index (Phi) is 5.04. The minimum atomic E-state index is 0.137. The summed E-state index contributed by atoms with van der Waals surface area (Å²) >= 11 is 0. The molecule has 23 heavy (non-hydrogen) atoms. The van der Waals surface area contributed by atoms with E-state index in [0.717, 1.165) is 36.3 Å². The second-order valence-electron chi connectivity index (χ2n) is 6.26. The maximum absolute atomic E-state index is 12.9. The number of carbonyl (C=O) groups excluding carboxylic acids is 1. The smallest absolute Gasteiger partial charge is 0.190 e. The van der Waals surface area contributed by atoms with Crippen LogP contribution in [0.1, 0.15) is 34.3 Å². The van der Waals surface area contributed by atoms with Gasteiger partial charge in [0, 0.05) is 17.7 Å². The van der Waals surface area contributed by atoms with Crippen LogP contribution < -0.4 is 0 Å². The largest absolute Gasteiger partial charge is 0.299 e. The first-order valence-corrected chi connectivity index (χ1v) is 8.32. The predicted molar refractivity (Wildman–Crippen MR) is 95.6 cm³/mol. The highest BCUT2D eigenvalue weighted by Gasteiger charge is 2.18. The molecule has 0 amide bonds. The lowest BCUT2D eigenvalue weighted by molar-refractivity contribution is 0.102. The van der Waals surface area contributed by atoms with Crippen molar-refractivity contribution in [3.63, 3.8) is 0 Å². The summed E-state index contributed by atoms with van der Waals surface area (Å²) in [4.78, 5) is 15.3. The molecule has 1 saturated heterocycles. The first kappa shape index (κ1) is 15.7. The van der Waals surface area contributed by atoms with E-state index in [4.69, 9.17) is 0 Å². The van der Waals surface area contributed by atoms with Gasteiger partial charge < -0.3 is 0 Å². The topological polar surface area (TPSA) is 20.3 Å². The van der Waals surface area contributed by atoms with E-state index in [1.807, 2.05) is 36.4 Å². The van der Waals surface area contributed by atoms with Crippen molar-refractivity contribution in [2.45, 2.75) is 19.8 Å². The molecule has 0 spiro atoms. The lowest BCUT2D eigenvalue weighted by Crippen LogP contribution is -2.25. The van der Waals surface area contributed by atoms with Gasteiger partial charge >= 0.3 is 0 Å². The number of ketones is 1. The van der Waals surface area contributed by atoms with Gasteiger partial charge in [0.05, 0.1) is 0 Å². The number of hydrogen-bond donors (Lipinski definition) is 0. The lowest BCUT2D eigenvalue weighted by Gasteiger charge is -2.17. The van der Waals surface area contributed by atoms with Gasteiger partial charge in [0.2, 0.25) is 0 Å². The molecule has 0 N–H and O–H groups in total. The Hall–Kier alpha value is -2.19. The summed E-state index contributed by atoms with van der Waals surface area (Å²) in [5, 5.41) is 0. The van der Waals surface area contributed by atoms with Crippen molar-refractivity contribution in [3.8, 4) is 0 Å². The molecule has 2 aromatic carbocycles. The number of likely N-dealkylation sites (tertiary alicyclic amines) is 1. The van der Waals surface area contributed by atoms with Crippen molar-refractivity contribution >= 4 is 11.9 Å². The highest BCUT2D eigenvalue weighted by molar-refractivity contribution is 6.11. The maximum Gasteiger partial charge on any atom is 0.190 e. The van der Waals surface area contributed by atoms with Gasteiger partial charge in [-0.1, -0.05) is 60.2 Å². The van der Waals surface area contributed by atoms with Crippen LogP contribution in [-0.2, 0) is 0 Å². The average Bonchev–Trinajstić information content (AvgIpc) is 3.09. The van der Waals surface area contributed by atoms with Crippen LogP contribution in [0, 0.1) is 6.92 Å². The molecule has 1 aliphatic rings. The van der Waals surface area contributed by atoms with Gasteiger partial charge in [-0.05, 0) is 44.5 Å². The highest BCUT2D eigenvalue weighted by Crippen LogP contribution is 2.17. The summed E-state index contributed by atoms with van der Waals surface area (Å²) < 4.78 is 0. The number of nitrogens with zero attached hydrogens (tertiary/aromatic N) is 1. The SMILES string of the molecule is Cc1ccc(/C=C(\CN2CCCC2)C(=O)c2ccccc2)cc1. The molecule has 0 bridgehead atoms. The van der Waals surface area contributed by atoms with Gasteiger partial charge in [0.1, 0.15) is 0 Å². The van der Waals surface area contributed by atoms with E-state index < -0.39 is 0 Å². The van der Waals surface area contributed by atoms with Crippen molar-refractivity contribution in [2.24, 2.45) is 0 Å². The fourth-order valence-corrected chi connectivity index (χ4v) is 3.00. The number of benzene rings is 2. The first-order valence-electron chi connectivity index (χ1n) is 8.32. The van der Waals surface area contributed by atoms with Gasteiger partial charge in [-0.25, -0.2) is 0 Å². The number of Topliss-reactive ketones (excluding diaryl/α,β-unsaturated/α-hetero) is 1. The van der Waals surface area contributed by atoms with Gasteiger partial charge in [-0.2, -0.15) is 0 Å². The van der Waals surface area contributed by atoms with Gasteiger partial charge in [0.15, 0.2) is 5.78 Å². The molecule has 0 radical (unpaired) electrons. The molecule has 2 nitrogen and oxygen atoms in total. The van der Waals surface area contributed by atoms with E-state index >= 15 is 0 Å². The Labute approximate surface area is 138 Å². The van der Waals surface area contributed by atoms with Crippen molar-refractivity contribution in [2.75, 3.05) is 19.6 Å². The van der Waals surface area contributed by atoms with E-state index in [1.165, 1.54) is 18.4 Å². The Morgan fingerprint density at radius 1 is 1.00 bits per heavy atom. The zero-order chi connectivity index (χ0) is 16.1. The third-order valence-corrected chi connectivity index (χ3v) is 4.34. The molecule has 1 heterocycles. The molecule has 118 valence electrons. The fourth-order valence-electron chi connectivity index (χ4n) is 3.00. The van der Waals surface area contributed by atoms with Crippen LogP contribution in [0.5, 0.6) is 0 Å². The normalized spacial score (nSPS) is 15.8. The molecular weight excluding hydrogens is 282 g/mol. The lowest BCUT2D eigenvalue weighted by atomic mass is 10.00. The summed E-state index contributed by atoms with van der Waals surface area (Å²) in [5.74, 6) is 0.137. The Balaban J connectivity index is 1.89. The second kappa shape index (κ2) is 7.38. The first-order chi connectivity index (χ1) is 11.2. The number of rotatable bonds is 5. The molecule has 3 rings (SSSR count). The minimum Gasteiger partial charge on any atom is -0.299 e. The summed E-state index contributed by atoms with van der Waals surface area (Å²) in [6.45, 7) is 5.00. The van der Waals surface area contributed by atoms with Gasteiger partial charge in [-0.3, -0.25) is 9.69 Å². The van der Waals surface area contributed by atoms with Crippen LogP contribution in [-0.4, -0.2) is 30.3 Å². The maximum atomic E-state index is 12.9. The van der Waals surface area contributed by atoms with Crippen molar-refractivity contribution in [1.82, 2.24) is 4.90 Å². The number of aryl methyl sites for hydroxylation is 1. The summed E-state index contributed by atoms with van der Waals surface area (Å²) in [6.07, 6.45) is 4.52. The molecule has 2 heteroatoms. The zero-order valence-corrected chi connectivity index (χ0v) is 13.7. The quantitative estimate of drug-likeness (QED) is 0.604. The summed E-state index contributed by atoms with van der Waals surface area (Å²) in [7, 11) is 0. The third-order valence-electron chi connectivity index (χ3n) is 4.34. The number of hydrogen-bond acceptors (Lipinski definition) is 2. The van der Waals surface area contributed by atoms with Crippen LogP contribution in [0.2, 0.25) is 0 Å². The second-order valence-corrected chi connectivity index (χ2v) is 6.26. The van der Waals surface area contributed by atoms with Gasteiger partial charge in [-0.15, -0.1) is 0 Å². The van der Waals surface area contributed by atoms with Crippen LogP contribution in [0.15, 0.2) is 60.2 Å². The Morgan fingerprint density at radius 3 is 2.30 bits per heavy atom. The Bertz CT molecular complexity index is 680. The minimum absolute atomic E-state index is 0.137. The van der Waals surface area contributed by atoms with E-state index in [2.05, 4.69) is 36.1 Å². The monoisotopic (exact) mass is 305 g/mol. The molecular formula is C21H23NO. The van der Waals surface area contributed by atoms with Gasteiger partial charge in [0.25, 0.3) is 0 Å². The third kappa shape index (κ3) is 4.17. The van der Waals surface area contributed by atoms with E-state index in [9.17, 15) is 4.79 Å². The van der Waals surface area contributed by atoms with Crippen LogP contribution >= 0.6 is 0 Å². The van der Waals surface area contributed by atoms with E-state index in [1.54, 1.807) is 0 Å². The molecule has 2 aromatic rings. The zero-order valence-electron chi connectivity index (χ0n) is 13.7. The highest BCUT2D eigenvalue weighted by atomic mass is 16.1. The van der Waals surface area contributed by atoms with E-state index in [-0.39, 0.29) is 5.78 Å². The number of carbonyl (C=O) groups is 1. The summed E-state index contributed by atoms with van der Waals surface area (Å²) in [6, 6.07) is 17.9. The van der Waals surface area contributed by atoms with E-state index in [0.29, 0.717) is 0 Å². The standard InChI is InChI=1S/C21H23NO/c1-17-9-11-18(12-10-17)15-20(16-22-13-5-6-14-22)21(23)19-7-3-2-4-8-19/h2-4,7-12,15H,5-6,13-14,16H2,1H3/b20-15+. The van der Waals surface area contributed by atoms with Crippen molar-refractivity contribution < 1.29 is 4.79 Å². The summed E-state index contributed by atoms with van der Waals surface area (Å²) in [5.41, 5.74) is 3.97. The van der Waals surface area contributed by atoms with Crippen molar-refractivity contribution in [1.29, 1.82) is 0 Å². The molecule has 0 saturated carbocycles. The fraction of sp³-hybridized carbons (Fsp3) is 0.286. The molecule has 0 unspecified atom stereocenters. The molecule has 1 fully saturated rings. The molecule has 1 aliphatic heterocycles. The average molecular weight is 305 g/mol.